The second-order valence-electron chi connectivity index (χ2n) is 18.2. The molecule has 0 N–H and O–H groups in total. The molecule has 3 unspecified atom stereocenters. The summed E-state index contributed by atoms with van der Waals surface area (Å²) >= 11 is 0. The Kier molecular flexibility index (Phi) is 74.9. The van der Waals surface area contributed by atoms with Crippen LogP contribution < -0.4 is 14.7 Å². The van der Waals surface area contributed by atoms with Gasteiger partial charge in [0.25, 0.3) is 0 Å². The quantitative estimate of drug-likeness (QED) is 0.0340. The largest absolute Gasteiger partial charge is 3.00 e. The maximum absolute atomic E-state index is 10.4. The van der Waals surface area contributed by atoms with E-state index in [1.807, 2.05) is 0 Å². The summed E-state index contributed by atoms with van der Waals surface area (Å²) in [4.78, 5) is 31.2. The molecule has 0 aromatic carbocycles. The Labute approximate surface area is 413 Å². The van der Waals surface area contributed by atoms with Crippen molar-refractivity contribution < 1.29 is 45.7 Å². The molecule has 0 spiro atoms. The Balaban J connectivity index is -0.000000419. The van der Waals surface area contributed by atoms with Crippen molar-refractivity contribution in [3.63, 3.8) is 0 Å². The Morgan fingerprint density at radius 3 is 0.547 bits per heavy atom. The average molecular weight is 998 g/mol. The summed E-state index contributed by atoms with van der Waals surface area (Å²) in [5, 5.41) is 0. The van der Waals surface area contributed by atoms with Crippen LogP contribution in [-0.2, 0) is 31.1 Å². The van der Waals surface area contributed by atoms with Gasteiger partial charge in [0.15, 0.2) is 0 Å². The van der Waals surface area contributed by atoms with Crippen molar-refractivity contribution in [3.8, 4) is 0 Å². The van der Waals surface area contributed by atoms with Gasteiger partial charge in [-0.05, 0) is 115 Å². The molecule has 0 aliphatic heterocycles. The first-order chi connectivity index (χ1) is 30.8. The molecule has 1 radical (unpaired) electrons. The molecule has 381 valence electrons. The minimum atomic E-state index is -2.46. The molecular weight excluding hydrogens is 890 g/mol. The summed E-state index contributed by atoms with van der Waals surface area (Å²) in [5.41, 5.74) is 0. The fraction of sp³-hybridized carbons (Fsp3) is 0.889. The number of rotatable bonds is 48. The fourth-order valence-electron chi connectivity index (χ4n) is 7.55. The van der Waals surface area contributed by atoms with E-state index in [0.717, 1.165) is 38.5 Å². The van der Waals surface area contributed by atoms with Crippen LogP contribution in [0.3, 0.4) is 0 Å². The molecule has 0 aliphatic carbocycles. The topological polar surface area (TPSA) is 120 Å². The Bertz CT molecular complexity index is 886. The summed E-state index contributed by atoms with van der Waals surface area (Å²) in [6.45, 7) is 6.79. The summed E-state index contributed by atoms with van der Waals surface area (Å²) in [5.74, 6) is 0. The molecule has 0 fully saturated rings. The number of allylic oxidation sites excluding steroid dienone is 6. The van der Waals surface area contributed by atoms with Gasteiger partial charge < -0.3 is 28.4 Å². The summed E-state index contributed by atoms with van der Waals surface area (Å²) < 4.78 is 31.2. The first kappa shape index (κ1) is 70.9. The first-order valence-corrected chi connectivity index (χ1v) is 31.9. The molecule has 6 nitrogen and oxygen atoms in total. The molecule has 0 amide bonds. The van der Waals surface area contributed by atoms with Crippen LogP contribution in [0.5, 0.6) is 0 Å². The fourth-order valence-corrected chi connectivity index (χ4v) is 9.17. The van der Waals surface area contributed by atoms with E-state index in [4.69, 9.17) is 0 Å². The summed E-state index contributed by atoms with van der Waals surface area (Å²) in [6.07, 6.45) is 68.4. The molecule has 0 bridgehead atoms. The SMILES string of the molecule is CCCCCCCCC=CCCCCCCCC[PH](=O)[O-].CCCCCCCCC=CCCCCCCCC[PH](=O)[O-].CCCCCCCCC=CCCCCCCCC[PH](=O)[O-].[Cr+3]. The van der Waals surface area contributed by atoms with Crippen molar-refractivity contribution in [2.45, 2.75) is 290 Å². The van der Waals surface area contributed by atoms with E-state index in [2.05, 4.69) is 57.2 Å². The number of hydrogen-bond donors (Lipinski definition) is 0. The van der Waals surface area contributed by atoms with Crippen LogP contribution in [-0.4, -0.2) is 18.5 Å². The van der Waals surface area contributed by atoms with Crippen LogP contribution in [0.4, 0.5) is 0 Å². The van der Waals surface area contributed by atoms with Crippen LogP contribution in [0.25, 0.3) is 0 Å². The second kappa shape index (κ2) is 67.6. The van der Waals surface area contributed by atoms with Crippen molar-refractivity contribution in [3.05, 3.63) is 36.5 Å². The smallest absolute Gasteiger partial charge is 0.802 e. The zero-order chi connectivity index (χ0) is 46.8. The molecule has 0 aromatic rings. The molecule has 0 aliphatic rings. The Hall–Kier alpha value is 0.322. The maximum atomic E-state index is 10.4. The Morgan fingerprint density at radius 2 is 0.391 bits per heavy atom. The van der Waals surface area contributed by atoms with Gasteiger partial charge in [-0.1, -0.05) is 231 Å². The third-order valence-corrected chi connectivity index (χ3v) is 14.0. The van der Waals surface area contributed by atoms with E-state index in [1.54, 1.807) is 0 Å². The minimum absolute atomic E-state index is 0. The van der Waals surface area contributed by atoms with Gasteiger partial charge in [0.1, 0.15) is 0 Å². The average Bonchev–Trinajstić information content (AvgIpc) is 3.26. The number of hydrogen-bond acceptors (Lipinski definition) is 6. The minimum Gasteiger partial charge on any atom is -0.802 e. The van der Waals surface area contributed by atoms with E-state index in [-0.39, 0.29) is 17.4 Å². The molecule has 3 atom stereocenters. The zero-order valence-corrected chi connectivity index (χ0v) is 46.9. The molecule has 0 saturated carbocycles. The van der Waals surface area contributed by atoms with Gasteiger partial charge in [-0.2, -0.15) is 0 Å². The molecule has 0 rings (SSSR count). The van der Waals surface area contributed by atoms with Crippen molar-refractivity contribution in [1.29, 1.82) is 0 Å². The Morgan fingerprint density at radius 1 is 0.250 bits per heavy atom. The first-order valence-electron chi connectivity index (χ1n) is 27.4. The molecule has 0 saturated heterocycles. The van der Waals surface area contributed by atoms with Gasteiger partial charge in [-0.25, -0.2) is 0 Å². The van der Waals surface area contributed by atoms with Gasteiger partial charge in [-0.15, -0.1) is 0 Å². The van der Waals surface area contributed by atoms with Gasteiger partial charge in [0, 0.05) is 24.1 Å². The second-order valence-corrected chi connectivity index (χ2v) is 21.9. The predicted octanol–water partition coefficient (Wildman–Crippen LogP) is 17.6. The van der Waals surface area contributed by atoms with E-state index >= 15 is 0 Å². The summed E-state index contributed by atoms with van der Waals surface area (Å²) in [6, 6.07) is 0. The normalized spacial score (nSPS) is 12.8. The van der Waals surface area contributed by atoms with Gasteiger partial charge >= 0.3 is 17.4 Å². The number of unbranched alkanes of at least 4 members (excludes halogenated alkanes) is 36. The van der Waals surface area contributed by atoms with E-state index in [0.29, 0.717) is 18.5 Å². The predicted molar refractivity (Wildman–Crippen MR) is 280 cm³/mol. The monoisotopic (exact) mass is 998 g/mol. The third kappa shape index (κ3) is 79.4. The standard InChI is InChI=1S/3C18H37O2P.Cr/c3*1-2-3-4-5-6-7-8-9-10-11-12-13-14-15-16-17-18-21(19)20;/h3*9-10,21H,2-8,11-18H2,1H3,(H,19,20);/q;;;+3/p-3. The van der Waals surface area contributed by atoms with E-state index in [1.165, 1.54) is 231 Å². The van der Waals surface area contributed by atoms with Crippen LogP contribution in [0, 0.1) is 0 Å². The van der Waals surface area contributed by atoms with Crippen LogP contribution >= 0.6 is 24.1 Å². The van der Waals surface area contributed by atoms with E-state index in [9.17, 15) is 28.4 Å². The third-order valence-electron chi connectivity index (χ3n) is 11.7. The van der Waals surface area contributed by atoms with Crippen LogP contribution in [0.2, 0.25) is 0 Å². The van der Waals surface area contributed by atoms with Crippen molar-refractivity contribution in [1.82, 2.24) is 0 Å². The molecular formula is C54H108CrO6P3. The molecule has 10 heteroatoms. The summed E-state index contributed by atoms with van der Waals surface area (Å²) in [7, 11) is -7.39. The van der Waals surface area contributed by atoms with Crippen LogP contribution in [0.15, 0.2) is 36.5 Å². The van der Waals surface area contributed by atoms with Crippen molar-refractivity contribution in [2.75, 3.05) is 18.5 Å². The van der Waals surface area contributed by atoms with Crippen LogP contribution in [0.1, 0.15) is 290 Å². The zero-order valence-electron chi connectivity index (χ0n) is 42.6. The van der Waals surface area contributed by atoms with Crippen molar-refractivity contribution in [2.24, 2.45) is 0 Å². The molecule has 0 aromatic heterocycles. The van der Waals surface area contributed by atoms with Gasteiger partial charge in [0.05, 0.1) is 0 Å². The van der Waals surface area contributed by atoms with Crippen molar-refractivity contribution >= 4 is 24.1 Å². The molecule has 64 heavy (non-hydrogen) atoms. The maximum Gasteiger partial charge on any atom is 3.00 e. The van der Waals surface area contributed by atoms with Gasteiger partial charge in [0.2, 0.25) is 0 Å². The molecule has 0 heterocycles. The van der Waals surface area contributed by atoms with E-state index < -0.39 is 24.1 Å². The van der Waals surface area contributed by atoms with Gasteiger partial charge in [-0.3, -0.25) is 0 Å².